The monoisotopic (exact) mass is 410 g/mol. The maximum absolute atomic E-state index is 12.9. The van der Waals surface area contributed by atoms with E-state index in [-0.39, 0.29) is 23.7 Å². The summed E-state index contributed by atoms with van der Waals surface area (Å²) in [6.45, 7) is 0.190. The molecule has 1 heterocycles. The third-order valence-electron chi connectivity index (χ3n) is 4.23. The van der Waals surface area contributed by atoms with E-state index in [1.807, 2.05) is 0 Å². The van der Waals surface area contributed by atoms with Crippen molar-refractivity contribution in [2.45, 2.75) is 24.0 Å². The van der Waals surface area contributed by atoms with Gasteiger partial charge in [-0.05, 0) is 61.4 Å². The molecule has 1 fully saturated rings. The molecule has 3 rings (SSSR count). The standard InChI is InChI=1S/C18H19FN2O6S/c19-13-1-3-14(4-2-13)27-15-5-7-16(8-6-15)28(24,25)21-17-11-12(9-10-26-17)18(22)20-23/h1-8,12,17,21,23H,9-11H2,(H,20,22). The van der Waals surface area contributed by atoms with Crippen LogP contribution in [0.5, 0.6) is 11.5 Å². The number of nitrogens with one attached hydrogen (secondary N) is 2. The predicted octanol–water partition coefficient (Wildman–Crippen LogP) is 2.15. The van der Waals surface area contributed by atoms with Crippen LogP contribution in [0, 0.1) is 11.7 Å². The molecule has 0 radical (unpaired) electrons. The molecule has 3 N–H and O–H groups in total. The molecule has 0 aromatic heterocycles. The Morgan fingerprint density at radius 2 is 1.71 bits per heavy atom. The number of hydroxylamine groups is 1. The van der Waals surface area contributed by atoms with Crippen LogP contribution >= 0.6 is 0 Å². The number of hydrogen-bond acceptors (Lipinski definition) is 6. The van der Waals surface area contributed by atoms with E-state index in [2.05, 4.69) is 4.72 Å². The van der Waals surface area contributed by atoms with E-state index < -0.39 is 28.1 Å². The van der Waals surface area contributed by atoms with Gasteiger partial charge in [0.1, 0.15) is 23.5 Å². The van der Waals surface area contributed by atoms with E-state index in [1.165, 1.54) is 48.5 Å². The van der Waals surface area contributed by atoms with Crippen LogP contribution in [0.25, 0.3) is 0 Å². The molecule has 0 spiro atoms. The van der Waals surface area contributed by atoms with E-state index in [4.69, 9.17) is 14.7 Å². The number of ether oxygens (including phenoxy) is 2. The maximum atomic E-state index is 12.9. The van der Waals surface area contributed by atoms with Crippen LogP contribution in [0.1, 0.15) is 12.8 Å². The zero-order valence-corrected chi connectivity index (χ0v) is 15.5. The smallest absolute Gasteiger partial charge is 0.246 e. The Bertz CT molecular complexity index is 918. The van der Waals surface area contributed by atoms with Crippen LogP contribution in [0.4, 0.5) is 4.39 Å². The Kier molecular flexibility index (Phi) is 6.25. The zero-order valence-electron chi connectivity index (χ0n) is 14.7. The fraction of sp³-hybridized carbons (Fsp3) is 0.278. The van der Waals surface area contributed by atoms with Crippen molar-refractivity contribution < 1.29 is 32.3 Å². The van der Waals surface area contributed by atoms with Gasteiger partial charge < -0.3 is 9.47 Å². The Labute approximate surface area is 161 Å². The van der Waals surface area contributed by atoms with E-state index in [0.717, 1.165) is 0 Å². The maximum Gasteiger partial charge on any atom is 0.246 e. The lowest BCUT2D eigenvalue weighted by molar-refractivity contribution is -0.138. The molecule has 1 amide bonds. The summed E-state index contributed by atoms with van der Waals surface area (Å²) in [6, 6.07) is 11.1. The van der Waals surface area contributed by atoms with E-state index in [0.29, 0.717) is 17.9 Å². The van der Waals surface area contributed by atoms with E-state index in [9.17, 15) is 17.6 Å². The molecule has 150 valence electrons. The van der Waals surface area contributed by atoms with Gasteiger partial charge in [-0.15, -0.1) is 0 Å². The average Bonchev–Trinajstić information content (AvgIpc) is 2.69. The van der Waals surface area contributed by atoms with Gasteiger partial charge in [0.2, 0.25) is 15.9 Å². The lowest BCUT2D eigenvalue weighted by Crippen LogP contribution is -2.44. The van der Waals surface area contributed by atoms with Crippen molar-refractivity contribution in [1.82, 2.24) is 10.2 Å². The van der Waals surface area contributed by atoms with Gasteiger partial charge in [-0.2, -0.15) is 4.72 Å². The Balaban J connectivity index is 1.65. The minimum Gasteiger partial charge on any atom is -0.457 e. The number of hydrogen-bond donors (Lipinski definition) is 3. The summed E-state index contributed by atoms with van der Waals surface area (Å²) in [7, 11) is -3.89. The van der Waals surface area contributed by atoms with Crippen molar-refractivity contribution in [2.75, 3.05) is 6.61 Å². The SMILES string of the molecule is O=C(NO)C1CCOC(NS(=O)(=O)c2ccc(Oc3ccc(F)cc3)cc2)C1. The van der Waals surface area contributed by atoms with Gasteiger partial charge in [-0.1, -0.05) is 0 Å². The number of sulfonamides is 1. The molecular formula is C18H19FN2O6S. The third kappa shape index (κ3) is 5.04. The van der Waals surface area contributed by atoms with Gasteiger partial charge in [-0.25, -0.2) is 18.3 Å². The molecule has 0 bridgehead atoms. The molecule has 1 aliphatic rings. The first-order chi connectivity index (χ1) is 13.4. The summed E-state index contributed by atoms with van der Waals surface area (Å²) in [5, 5.41) is 8.72. The third-order valence-corrected chi connectivity index (χ3v) is 5.70. The first kappa shape index (κ1) is 20.2. The second-order valence-electron chi connectivity index (χ2n) is 6.21. The van der Waals surface area contributed by atoms with Gasteiger partial charge in [0.15, 0.2) is 0 Å². The molecule has 0 saturated carbocycles. The summed E-state index contributed by atoms with van der Waals surface area (Å²) in [5.74, 6) is -0.700. The van der Waals surface area contributed by atoms with E-state index in [1.54, 1.807) is 5.48 Å². The van der Waals surface area contributed by atoms with Gasteiger partial charge in [-0.3, -0.25) is 10.0 Å². The molecular weight excluding hydrogens is 391 g/mol. The Hall–Kier alpha value is -2.53. The molecule has 1 saturated heterocycles. The highest BCUT2D eigenvalue weighted by Gasteiger charge is 2.30. The molecule has 2 atom stereocenters. The quantitative estimate of drug-likeness (QED) is 0.497. The van der Waals surface area contributed by atoms with Crippen LogP contribution < -0.4 is 14.9 Å². The molecule has 0 aliphatic carbocycles. The number of amides is 1. The number of benzene rings is 2. The fourth-order valence-electron chi connectivity index (χ4n) is 2.78. The van der Waals surface area contributed by atoms with Gasteiger partial charge >= 0.3 is 0 Å². The molecule has 2 unspecified atom stereocenters. The Morgan fingerprint density at radius 3 is 2.32 bits per heavy atom. The highest BCUT2D eigenvalue weighted by Crippen LogP contribution is 2.24. The molecule has 2 aromatic carbocycles. The highest BCUT2D eigenvalue weighted by molar-refractivity contribution is 7.89. The summed E-state index contributed by atoms with van der Waals surface area (Å²) in [6.07, 6.45) is -0.381. The summed E-state index contributed by atoms with van der Waals surface area (Å²) < 4.78 is 51.3. The topological polar surface area (TPSA) is 114 Å². The number of rotatable bonds is 6. The van der Waals surface area contributed by atoms with Gasteiger partial charge in [0.05, 0.1) is 4.90 Å². The molecule has 8 nitrogen and oxygen atoms in total. The average molecular weight is 410 g/mol. The van der Waals surface area contributed by atoms with Gasteiger partial charge in [0, 0.05) is 12.5 Å². The van der Waals surface area contributed by atoms with Crippen molar-refractivity contribution in [1.29, 1.82) is 0 Å². The minimum absolute atomic E-state index is 0.00344. The first-order valence-electron chi connectivity index (χ1n) is 8.49. The second kappa shape index (κ2) is 8.65. The largest absolute Gasteiger partial charge is 0.457 e. The lowest BCUT2D eigenvalue weighted by Gasteiger charge is -2.28. The van der Waals surface area contributed by atoms with Crippen LogP contribution in [-0.2, 0) is 19.6 Å². The molecule has 28 heavy (non-hydrogen) atoms. The molecule has 2 aromatic rings. The molecule has 1 aliphatic heterocycles. The summed E-state index contributed by atoms with van der Waals surface area (Å²) in [5.41, 5.74) is 1.57. The fourth-order valence-corrected chi connectivity index (χ4v) is 3.92. The second-order valence-corrected chi connectivity index (χ2v) is 7.92. The zero-order chi connectivity index (χ0) is 20.1. The van der Waals surface area contributed by atoms with Crippen molar-refractivity contribution in [3.05, 3.63) is 54.3 Å². The van der Waals surface area contributed by atoms with Crippen molar-refractivity contribution in [3.8, 4) is 11.5 Å². The highest BCUT2D eigenvalue weighted by atomic mass is 32.2. The van der Waals surface area contributed by atoms with E-state index >= 15 is 0 Å². The number of carbonyl (C=O) groups excluding carboxylic acids is 1. The van der Waals surface area contributed by atoms with Crippen molar-refractivity contribution in [2.24, 2.45) is 5.92 Å². The number of halogens is 1. The Morgan fingerprint density at radius 1 is 1.11 bits per heavy atom. The number of carbonyl (C=O) groups is 1. The van der Waals surface area contributed by atoms with Crippen LogP contribution in [0.15, 0.2) is 53.4 Å². The van der Waals surface area contributed by atoms with Crippen LogP contribution in [0.2, 0.25) is 0 Å². The predicted molar refractivity (Wildman–Crippen MR) is 95.6 cm³/mol. The first-order valence-corrected chi connectivity index (χ1v) is 9.97. The normalized spacial score (nSPS) is 19.8. The van der Waals surface area contributed by atoms with Crippen molar-refractivity contribution >= 4 is 15.9 Å². The summed E-state index contributed by atoms with van der Waals surface area (Å²) >= 11 is 0. The van der Waals surface area contributed by atoms with Crippen LogP contribution in [0.3, 0.4) is 0 Å². The van der Waals surface area contributed by atoms with Gasteiger partial charge in [0.25, 0.3) is 0 Å². The lowest BCUT2D eigenvalue weighted by atomic mass is 9.98. The van der Waals surface area contributed by atoms with Crippen LogP contribution in [-0.4, -0.2) is 32.4 Å². The molecule has 10 heteroatoms. The summed E-state index contributed by atoms with van der Waals surface area (Å²) in [4.78, 5) is 11.5. The van der Waals surface area contributed by atoms with Crippen molar-refractivity contribution in [3.63, 3.8) is 0 Å². The minimum atomic E-state index is -3.89.